The van der Waals surface area contributed by atoms with Crippen molar-refractivity contribution in [1.82, 2.24) is 5.32 Å². The van der Waals surface area contributed by atoms with Gasteiger partial charge in [0.05, 0.1) is 6.61 Å². The maximum Gasteiger partial charge on any atom is 0.450 e. The molecule has 0 radical (unpaired) electrons. The van der Waals surface area contributed by atoms with Crippen molar-refractivity contribution < 1.29 is 32.3 Å². The maximum atomic E-state index is 11.8. The molecule has 0 aliphatic rings. The minimum absolute atomic E-state index is 0.00999. The number of esters is 1. The van der Waals surface area contributed by atoms with Gasteiger partial charge in [-0.25, -0.2) is 4.79 Å². The Labute approximate surface area is 94.6 Å². The Morgan fingerprint density at radius 1 is 1.35 bits per heavy atom. The molecule has 0 heterocycles. The summed E-state index contributed by atoms with van der Waals surface area (Å²) in [6, 6.07) is 0. The average Bonchev–Trinajstić information content (AvgIpc) is 2.22. The number of alkyl halides is 3. The summed E-state index contributed by atoms with van der Waals surface area (Å²) in [5, 5.41) is 1.86. The fraction of sp³-hybridized carbons (Fsp3) is 0.444. The lowest BCUT2D eigenvalue weighted by atomic mass is 10.2. The second-order valence-corrected chi connectivity index (χ2v) is 2.73. The first-order chi connectivity index (χ1) is 7.82. The third-order valence-electron chi connectivity index (χ3n) is 1.52. The lowest BCUT2D eigenvalue weighted by Crippen LogP contribution is -2.24. The highest BCUT2D eigenvalue weighted by Gasteiger charge is 2.37. The summed E-state index contributed by atoms with van der Waals surface area (Å²) in [6.45, 7) is 1.47. The van der Waals surface area contributed by atoms with Gasteiger partial charge >= 0.3 is 12.1 Å². The van der Waals surface area contributed by atoms with Crippen LogP contribution in [0.4, 0.5) is 13.2 Å². The van der Waals surface area contributed by atoms with Crippen LogP contribution in [0, 0.1) is 0 Å². The zero-order valence-corrected chi connectivity index (χ0v) is 8.84. The molecule has 0 aromatic heterocycles. The van der Waals surface area contributed by atoms with E-state index in [1.165, 1.54) is 6.92 Å². The Bertz CT molecular complexity index is 336. The van der Waals surface area contributed by atoms with Crippen LogP contribution in [0.15, 0.2) is 11.8 Å². The van der Waals surface area contributed by atoms with E-state index in [0.29, 0.717) is 6.08 Å². The lowest BCUT2D eigenvalue weighted by Gasteiger charge is -2.06. The molecule has 1 N–H and O–H groups in total. The predicted molar refractivity (Wildman–Crippen MR) is 49.6 cm³/mol. The SMILES string of the molecule is CCOC(=O)/C(=C/CC(=O)C(F)(F)F)NC=O. The smallest absolute Gasteiger partial charge is 0.450 e. The van der Waals surface area contributed by atoms with Gasteiger partial charge < -0.3 is 10.1 Å². The molecule has 0 aliphatic heterocycles. The number of hydrogen-bond donors (Lipinski definition) is 1. The van der Waals surface area contributed by atoms with Crippen LogP contribution >= 0.6 is 0 Å². The van der Waals surface area contributed by atoms with Crippen molar-refractivity contribution in [3.63, 3.8) is 0 Å². The number of allylic oxidation sites excluding steroid dienone is 1. The number of rotatable bonds is 6. The highest BCUT2D eigenvalue weighted by molar-refractivity contribution is 5.92. The fourth-order valence-corrected chi connectivity index (χ4v) is 0.784. The molecule has 0 spiro atoms. The topological polar surface area (TPSA) is 72.5 Å². The first-order valence-electron chi connectivity index (χ1n) is 4.50. The normalized spacial score (nSPS) is 11.9. The van der Waals surface area contributed by atoms with Crippen molar-refractivity contribution in [2.75, 3.05) is 6.61 Å². The molecular formula is C9H10F3NO4. The van der Waals surface area contributed by atoms with Gasteiger partial charge in [-0.3, -0.25) is 9.59 Å². The van der Waals surface area contributed by atoms with Crippen LogP contribution in [-0.4, -0.2) is 30.9 Å². The summed E-state index contributed by atoms with van der Waals surface area (Å²) in [5.74, 6) is -3.03. The van der Waals surface area contributed by atoms with Crippen LogP contribution in [0.2, 0.25) is 0 Å². The molecule has 5 nitrogen and oxygen atoms in total. The number of carbonyl (C=O) groups excluding carboxylic acids is 3. The zero-order valence-electron chi connectivity index (χ0n) is 8.84. The van der Waals surface area contributed by atoms with Crippen molar-refractivity contribution in [3.8, 4) is 0 Å². The van der Waals surface area contributed by atoms with Gasteiger partial charge in [-0.15, -0.1) is 0 Å². The number of halogens is 3. The molecule has 17 heavy (non-hydrogen) atoms. The van der Waals surface area contributed by atoms with Gasteiger partial charge in [0.2, 0.25) is 12.2 Å². The van der Waals surface area contributed by atoms with Crippen LogP contribution in [0.1, 0.15) is 13.3 Å². The molecule has 0 unspecified atom stereocenters. The van der Waals surface area contributed by atoms with E-state index in [2.05, 4.69) is 4.74 Å². The molecule has 0 rings (SSSR count). The summed E-state index contributed by atoms with van der Waals surface area (Å²) in [6.07, 6.45) is -5.26. The van der Waals surface area contributed by atoms with Gasteiger partial charge in [-0.05, 0) is 13.0 Å². The summed E-state index contributed by atoms with van der Waals surface area (Å²) < 4.78 is 40.0. The molecule has 1 amide bonds. The highest BCUT2D eigenvalue weighted by atomic mass is 19.4. The number of Topliss-reactive ketones (excluding diaryl/α,β-unsaturated/α-hetero) is 1. The number of ether oxygens (including phenoxy) is 1. The average molecular weight is 253 g/mol. The Balaban J connectivity index is 4.66. The molecular weight excluding hydrogens is 243 g/mol. The monoisotopic (exact) mass is 253 g/mol. The van der Waals surface area contributed by atoms with E-state index in [4.69, 9.17) is 0 Å². The zero-order chi connectivity index (χ0) is 13.5. The van der Waals surface area contributed by atoms with Gasteiger partial charge in [0.15, 0.2) is 0 Å². The number of ketones is 1. The van der Waals surface area contributed by atoms with E-state index in [1.807, 2.05) is 5.32 Å². The highest BCUT2D eigenvalue weighted by Crippen LogP contribution is 2.18. The summed E-state index contributed by atoms with van der Waals surface area (Å²) in [4.78, 5) is 31.7. The van der Waals surface area contributed by atoms with E-state index < -0.39 is 30.0 Å². The first-order valence-corrected chi connectivity index (χ1v) is 4.50. The van der Waals surface area contributed by atoms with E-state index in [1.54, 1.807) is 0 Å². The second kappa shape index (κ2) is 6.66. The maximum absolute atomic E-state index is 11.8. The van der Waals surface area contributed by atoms with Crippen molar-refractivity contribution >= 4 is 18.2 Å². The van der Waals surface area contributed by atoms with Gasteiger partial charge in [-0.2, -0.15) is 13.2 Å². The van der Waals surface area contributed by atoms with Gasteiger partial charge in [0, 0.05) is 6.42 Å². The first kappa shape index (κ1) is 15.1. The summed E-state index contributed by atoms with van der Waals surface area (Å²) in [7, 11) is 0. The van der Waals surface area contributed by atoms with Gasteiger partial charge in [0.1, 0.15) is 5.70 Å². The third kappa shape index (κ3) is 5.69. The number of hydrogen-bond acceptors (Lipinski definition) is 4. The third-order valence-corrected chi connectivity index (χ3v) is 1.52. The summed E-state index contributed by atoms with van der Waals surface area (Å²) in [5.41, 5.74) is -0.501. The van der Waals surface area contributed by atoms with Crippen molar-refractivity contribution in [1.29, 1.82) is 0 Å². The predicted octanol–water partition coefficient (Wildman–Crippen LogP) is 0.701. The largest absolute Gasteiger partial charge is 0.461 e. The van der Waals surface area contributed by atoms with Crippen molar-refractivity contribution in [3.05, 3.63) is 11.8 Å². The van der Waals surface area contributed by atoms with E-state index in [0.717, 1.165) is 0 Å². The number of amides is 1. The molecule has 0 atom stereocenters. The molecule has 0 saturated heterocycles. The Morgan fingerprint density at radius 2 is 1.94 bits per heavy atom. The van der Waals surface area contributed by atoms with Crippen molar-refractivity contribution in [2.24, 2.45) is 0 Å². The van der Waals surface area contributed by atoms with E-state index in [-0.39, 0.29) is 13.0 Å². The Morgan fingerprint density at radius 3 is 2.35 bits per heavy atom. The standard InChI is InChI=1S/C9H10F3NO4/c1-2-17-8(16)6(13-5-14)3-4-7(15)9(10,11)12/h3,5H,2,4H2,1H3,(H,13,14)/b6-3-. The van der Waals surface area contributed by atoms with Gasteiger partial charge in [0.25, 0.3) is 0 Å². The Hall–Kier alpha value is -1.86. The molecule has 0 bridgehead atoms. The second-order valence-electron chi connectivity index (χ2n) is 2.73. The van der Waals surface area contributed by atoms with Crippen LogP contribution < -0.4 is 5.32 Å². The molecule has 0 aromatic rings. The summed E-state index contributed by atoms with van der Waals surface area (Å²) >= 11 is 0. The lowest BCUT2D eigenvalue weighted by molar-refractivity contribution is -0.170. The number of carbonyl (C=O) groups is 3. The molecule has 0 aliphatic carbocycles. The van der Waals surface area contributed by atoms with E-state index >= 15 is 0 Å². The molecule has 0 aromatic carbocycles. The minimum atomic E-state index is -4.97. The van der Waals surface area contributed by atoms with Crippen LogP contribution in [-0.2, 0) is 19.1 Å². The molecule has 8 heteroatoms. The van der Waals surface area contributed by atoms with Crippen LogP contribution in [0.25, 0.3) is 0 Å². The Kier molecular flexibility index (Phi) is 5.94. The van der Waals surface area contributed by atoms with Crippen LogP contribution in [0.3, 0.4) is 0 Å². The van der Waals surface area contributed by atoms with Crippen molar-refractivity contribution in [2.45, 2.75) is 19.5 Å². The molecule has 96 valence electrons. The molecule has 0 saturated carbocycles. The van der Waals surface area contributed by atoms with E-state index in [9.17, 15) is 27.6 Å². The fourth-order valence-electron chi connectivity index (χ4n) is 0.784. The van der Waals surface area contributed by atoms with Crippen LogP contribution in [0.5, 0.6) is 0 Å². The van der Waals surface area contributed by atoms with Gasteiger partial charge in [-0.1, -0.05) is 0 Å². The quantitative estimate of drug-likeness (QED) is 0.429. The number of nitrogens with one attached hydrogen (secondary N) is 1. The minimum Gasteiger partial charge on any atom is -0.461 e. The molecule has 0 fully saturated rings.